The number of rotatable bonds is 3. The minimum atomic E-state index is -0.536. The first-order valence-corrected chi connectivity index (χ1v) is 7.53. The molecule has 2 amide bonds. The van der Waals surface area contributed by atoms with Gasteiger partial charge in [0.25, 0.3) is 0 Å². The Bertz CT molecular complexity index is 791. The summed E-state index contributed by atoms with van der Waals surface area (Å²) in [6, 6.07) is 12.1. The molecule has 7 heteroatoms. The first-order chi connectivity index (χ1) is 11.6. The number of anilines is 1. The van der Waals surface area contributed by atoms with Gasteiger partial charge in [0.15, 0.2) is 5.75 Å². The van der Waals surface area contributed by atoms with Crippen LogP contribution in [-0.2, 0) is 13.0 Å². The molecule has 0 bridgehead atoms. The molecule has 1 aliphatic heterocycles. The second kappa shape index (κ2) is 6.57. The van der Waals surface area contributed by atoms with Crippen LogP contribution in [0.3, 0.4) is 0 Å². The summed E-state index contributed by atoms with van der Waals surface area (Å²) >= 11 is 0. The third kappa shape index (κ3) is 3.15. The Kier molecular flexibility index (Phi) is 4.33. The van der Waals surface area contributed by atoms with E-state index in [1.807, 2.05) is 18.2 Å². The van der Waals surface area contributed by atoms with Gasteiger partial charge in [0, 0.05) is 24.8 Å². The van der Waals surface area contributed by atoms with Gasteiger partial charge in [-0.15, -0.1) is 0 Å². The third-order valence-corrected chi connectivity index (χ3v) is 4.04. The average molecular weight is 327 g/mol. The normalized spacial score (nSPS) is 13.1. The van der Waals surface area contributed by atoms with E-state index in [-0.39, 0.29) is 17.5 Å². The molecular formula is C17H17N3O4. The molecule has 0 aliphatic carbocycles. The van der Waals surface area contributed by atoms with E-state index in [1.165, 1.54) is 24.8 Å². The predicted octanol–water partition coefficient (Wildman–Crippen LogP) is 3.19. The number of hydrogen-bond acceptors (Lipinski definition) is 4. The van der Waals surface area contributed by atoms with E-state index in [0.29, 0.717) is 18.8 Å². The highest BCUT2D eigenvalue weighted by molar-refractivity contribution is 5.90. The maximum Gasteiger partial charge on any atom is 0.322 e. The molecule has 0 unspecified atom stereocenters. The lowest BCUT2D eigenvalue weighted by Gasteiger charge is -2.28. The monoisotopic (exact) mass is 327 g/mol. The lowest BCUT2D eigenvalue weighted by molar-refractivity contribution is -0.385. The lowest BCUT2D eigenvalue weighted by Crippen LogP contribution is -2.38. The van der Waals surface area contributed by atoms with E-state index in [2.05, 4.69) is 11.4 Å². The Balaban J connectivity index is 1.74. The maximum absolute atomic E-state index is 12.4. The highest BCUT2D eigenvalue weighted by Crippen LogP contribution is 2.30. The van der Waals surface area contributed by atoms with Crippen molar-refractivity contribution in [3.8, 4) is 5.75 Å². The fourth-order valence-corrected chi connectivity index (χ4v) is 2.78. The summed E-state index contributed by atoms with van der Waals surface area (Å²) in [6.07, 6.45) is 0.798. The number of urea groups is 1. The number of amides is 2. The van der Waals surface area contributed by atoms with Gasteiger partial charge in [-0.25, -0.2) is 4.79 Å². The van der Waals surface area contributed by atoms with Crippen LogP contribution in [0.2, 0.25) is 0 Å². The Morgan fingerprint density at radius 2 is 2.00 bits per heavy atom. The number of carbonyl (C=O) groups is 1. The summed E-state index contributed by atoms with van der Waals surface area (Å²) in [5.41, 5.74) is 2.56. The van der Waals surface area contributed by atoms with Crippen molar-refractivity contribution in [2.75, 3.05) is 19.0 Å². The van der Waals surface area contributed by atoms with Gasteiger partial charge in [0.2, 0.25) is 0 Å². The van der Waals surface area contributed by atoms with Crippen molar-refractivity contribution in [3.05, 3.63) is 63.7 Å². The van der Waals surface area contributed by atoms with Crippen LogP contribution in [-0.4, -0.2) is 29.5 Å². The molecule has 1 aliphatic rings. The van der Waals surface area contributed by atoms with Crippen molar-refractivity contribution in [2.45, 2.75) is 13.0 Å². The Morgan fingerprint density at radius 3 is 2.71 bits per heavy atom. The van der Waals surface area contributed by atoms with Crippen LogP contribution in [0.1, 0.15) is 11.1 Å². The second-order valence-electron chi connectivity index (χ2n) is 5.51. The number of benzene rings is 2. The fraction of sp³-hybridized carbons (Fsp3) is 0.235. The number of nitrogens with zero attached hydrogens (tertiary/aromatic N) is 2. The fourth-order valence-electron chi connectivity index (χ4n) is 2.78. The van der Waals surface area contributed by atoms with Gasteiger partial charge in [-0.3, -0.25) is 10.1 Å². The summed E-state index contributed by atoms with van der Waals surface area (Å²) in [7, 11) is 1.37. The van der Waals surface area contributed by atoms with Gasteiger partial charge >= 0.3 is 11.7 Å². The number of hydrogen-bond donors (Lipinski definition) is 1. The first kappa shape index (κ1) is 15.8. The highest BCUT2D eigenvalue weighted by Gasteiger charge is 2.22. The van der Waals surface area contributed by atoms with Crippen LogP contribution >= 0.6 is 0 Å². The molecule has 24 heavy (non-hydrogen) atoms. The van der Waals surface area contributed by atoms with E-state index in [9.17, 15) is 14.9 Å². The number of carbonyl (C=O) groups excluding carboxylic acids is 1. The van der Waals surface area contributed by atoms with Crippen LogP contribution < -0.4 is 10.1 Å². The standard InChI is InChI=1S/C17H17N3O4/c1-24-16-7-6-14(10-15(16)20(22)23)18-17(21)19-9-8-12-4-2-3-5-13(12)11-19/h2-7,10H,8-9,11H2,1H3,(H,18,21). The summed E-state index contributed by atoms with van der Waals surface area (Å²) in [5.74, 6) is 0.157. The number of nitro benzene ring substituents is 1. The predicted molar refractivity (Wildman–Crippen MR) is 89.2 cm³/mol. The average Bonchev–Trinajstić information content (AvgIpc) is 2.61. The van der Waals surface area contributed by atoms with Crippen LogP contribution in [0.25, 0.3) is 0 Å². The van der Waals surface area contributed by atoms with Gasteiger partial charge in [-0.05, 0) is 29.7 Å². The molecule has 0 fully saturated rings. The number of nitro groups is 1. The zero-order chi connectivity index (χ0) is 17.1. The van der Waals surface area contributed by atoms with Gasteiger partial charge in [0.1, 0.15) is 0 Å². The lowest BCUT2D eigenvalue weighted by atomic mass is 10.0. The molecule has 0 saturated heterocycles. The van der Waals surface area contributed by atoms with E-state index in [0.717, 1.165) is 12.0 Å². The molecule has 7 nitrogen and oxygen atoms in total. The van der Waals surface area contributed by atoms with Crippen LogP contribution in [0, 0.1) is 10.1 Å². The molecule has 1 heterocycles. The molecule has 124 valence electrons. The third-order valence-electron chi connectivity index (χ3n) is 4.04. The second-order valence-corrected chi connectivity index (χ2v) is 5.51. The van der Waals surface area contributed by atoms with Crippen LogP contribution in [0.4, 0.5) is 16.2 Å². The number of fused-ring (bicyclic) bond motifs is 1. The van der Waals surface area contributed by atoms with E-state index in [1.54, 1.807) is 11.0 Å². The topological polar surface area (TPSA) is 84.7 Å². The van der Waals surface area contributed by atoms with E-state index in [4.69, 9.17) is 4.74 Å². The van der Waals surface area contributed by atoms with Crippen molar-refractivity contribution in [3.63, 3.8) is 0 Å². The minimum absolute atomic E-state index is 0.157. The molecule has 0 aromatic heterocycles. The molecule has 0 spiro atoms. The highest BCUT2D eigenvalue weighted by atomic mass is 16.6. The summed E-state index contributed by atoms with van der Waals surface area (Å²) in [6.45, 7) is 1.14. The van der Waals surface area contributed by atoms with Crippen molar-refractivity contribution in [1.82, 2.24) is 4.90 Å². The maximum atomic E-state index is 12.4. The van der Waals surface area contributed by atoms with Gasteiger partial charge in [0.05, 0.1) is 12.0 Å². The zero-order valence-corrected chi connectivity index (χ0v) is 13.2. The van der Waals surface area contributed by atoms with Crippen molar-refractivity contribution in [1.29, 1.82) is 0 Å². The molecule has 2 aromatic rings. The van der Waals surface area contributed by atoms with Gasteiger partial charge in [-0.1, -0.05) is 24.3 Å². The quantitative estimate of drug-likeness (QED) is 0.693. The molecule has 0 saturated carbocycles. The molecule has 3 rings (SSSR count). The molecule has 0 radical (unpaired) electrons. The summed E-state index contributed by atoms with van der Waals surface area (Å²) < 4.78 is 4.96. The number of methoxy groups -OCH3 is 1. The van der Waals surface area contributed by atoms with Gasteiger partial charge in [-0.2, -0.15) is 0 Å². The van der Waals surface area contributed by atoms with Crippen LogP contribution in [0.15, 0.2) is 42.5 Å². The first-order valence-electron chi connectivity index (χ1n) is 7.53. The molecule has 2 aromatic carbocycles. The van der Waals surface area contributed by atoms with Crippen LogP contribution in [0.5, 0.6) is 5.75 Å². The minimum Gasteiger partial charge on any atom is -0.490 e. The van der Waals surface area contributed by atoms with Gasteiger partial charge < -0.3 is 15.0 Å². The summed E-state index contributed by atoms with van der Waals surface area (Å²) in [4.78, 5) is 24.6. The number of ether oxygens (including phenoxy) is 1. The summed E-state index contributed by atoms with van der Waals surface area (Å²) in [5, 5.41) is 13.8. The Labute approximate surface area is 139 Å². The number of nitrogens with one attached hydrogen (secondary N) is 1. The smallest absolute Gasteiger partial charge is 0.322 e. The van der Waals surface area contributed by atoms with Crippen molar-refractivity contribution in [2.24, 2.45) is 0 Å². The van der Waals surface area contributed by atoms with E-state index >= 15 is 0 Å². The van der Waals surface area contributed by atoms with Crippen molar-refractivity contribution < 1.29 is 14.5 Å². The largest absolute Gasteiger partial charge is 0.490 e. The Hall–Kier alpha value is -3.09. The molecule has 0 atom stereocenters. The molecule has 1 N–H and O–H groups in total. The SMILES string of the molecule is COc1ccc(NC(=O)N2CCc3ccccc3C2)cc1[N+](=O)[O-]. The molecular weight excluding hydrogens is 310 g/mol. The zero-order valence-electron chi connectivity index (χ0n) is 13.2. The van der Waals surface area contributed by atoms with E-state index < -0.39 is 4.92 Å². The Morgan fingerprint density at radius 1 is 1.25 bits per heavy atom. The van der Waals surface area contributed by atoms with Crippen molar-refractivity contribution >= 4 is 17.4 Å².